The highest BCUT2D eigenvalue weighted by molar-refractivity contribution is 9.10. The van der Waals surface area contributed by atoms with Crippen molar-refractivity contribution in [2.45, 2.75) is 6.92 Å². The molecule has 0 saturated carbocycles. The van der Waals surface area contributed by atoms with E-state index in [1.807, 2.05) is 6.92 Å². The third kappa shape index (κ3) is 3.92. The lowest BCUT2D eigenvalue weighted by Crippen LogP contribution is -2.20. The lowest BCUT2D eigenvalue weighted by molar-refractivity contribution is -0.119. The van der Waals surface area contributed by atoms with E-state index in [0.717, 1.165) is 10.0 Å². The van der Waals surface area contributed by atoms with Crippen molar-refractivity contribution >= 4 is 28.1 Å². The van der Waals surface area contributed by atoms with Gasteiger partial charge < -0.3 is 21.1 Å². The van der Waals surface area contributed by atoms with Gasteiger partial charge >= 0.3 is 0 Å². The zero-order chi connectivity index (χ0) is 13.5. The fourth-order valence-electron chi connectivity index (χ4n) is 1.26. The largest absolute Gasteiger partial charge is 0.490 e. The number of amides is 1. The molecule has 1 aromatic carbocycles. The number of hydrogen-bond acceptors (Lipinski definition) is 5. The van der Waals surface area contributed by atoms with Gasteiger partial charge in [0, 0.05) is 10.0 Å². The van der Waals surface area contributed by atoms with Crippen LogP contribution in [0.2, 0.25) is 0 Å². The van der Waals surface area contributed by atoms with Crippen LogP contribution in [-0.4, -0.2) is 25.3 Å². The number of carbonyl (C=O) groups is 1. The average Bonchev–Trinajstić information content (AvgIpc) is 2.31. The molecule has 4 N–H and O–H groups in total. The van der Waals surface area contributed by atoms with Crippen LogP contribution >= 0.6 is 15.9 Å². The van der Waals surface area contributed by atoms with Gasteiger partial charge in [-0.15, -0.1) is 0 Å². The predicted molar refractivity (Wildman–Crippen MR) is 71.8 cm³/mol. The zero-order valence-electron chi connectivity index (χ0n) is 9.85. The molecule has 0 atom stereocenters. The van der Waals surface area contributed by atoms with Crippen LogP contribution in [0.5, 0.6) is 11.5 Å². The minimum Gasteiger partial charge on any atom is -0.490 e. The van der Waals surface area contributed by atoms with Crippen molar-refractivity contribution in [3.05, 3.63) is 22.2 Å². The summed E-state index contributed by atoms with van der Waals surface area (Å²) in [4.78, 5) is 10.7. The molecule has 1 amide bonds. The number of primary amides is 1. The number of halogens is 1. The van der Waals surface area contributed by atoms with Gasteiger partial charge in [-0.1, -0.05) is 0 Å². The fourth-order valence-corrected chi connectivity index (χ4v) is 1.68. The van der Waals surface area contributed by atoms with Crippen molar-refractivity contribution in [1.82, 2.24) is 0 Å². The van der Waals surface area contributed by atoms with Gasteiger partial charge in [-0.05, 0) is 35.0 Å². The van der Waals surface area contributed by atoms with Crippen molar-refractivity contribution < 1.29 is 14.3 Å². The highest BCUT2D eigenvalue weighted by Crippen LogP contribution is 2.33. The first-order valence-electron chi connectivity index (χ1n) is 5.19. The molecule has 0 heterocycles. The van der Waals surface area contributed by atoms with Gasteiger partial charge in [0.05, 0.1) is 12.8 Å². The van der Waals surface area contributed by atoms with Crippen molar-refractivity contribution in [3.63, 3.8) is 0 Å². The van der Waals surface area contributed by atoms with Crippen molar-refractivity contribution in [3.8, 4) is 11.5 Å². The normalized spacial score (nSPS) is 10.6. The Morgan fingerprint density at radius 3 is 2.67 bits per heavy atom. The Morgan fingerprint density at radius 1 is 1.44 bits per heavy atom. The van der Waals surface area contributed by atoms with E-state index in [-0.39, 0.29) is 6.61 Å². The number of ether oxygens (including phenoxy) is 2. The van der Waals surface area contributed by atoms with Gasteiger partial charge in [0.1, 0.15) is 0 Å². The lowest BCUT2D eigenvalue weighted by Gasteiger charge is -2.12. The number of hydrogen-bond donors (Lipinski definition) is 2. The summed E-state index contributed by atoms with van der Waals surface area (Å²) in [7, 11) is 0. The Morgan fingerprint density at radius 2 is 2.11 bits per heavy atom. The molecule has 0 aliphatic carbocycles. The molecule has 0 aromatic heterocycles. The molecule has 0 aliphatic heterocycles. The number of carbonyl (C=O) groups excluding carboxylic acids is 1. The van der Waals surface area contributed by atoms with E-state index in [4.69, 9.17) is 21.1 Å². The molecule has 0 radical (unpaired) electrons. The number of benzene rings is 1. The summed E-state index contributed by atoms with van der Waals surface area (Å²) in [6.07, 6.45) is 1.48. The maximum absolute atomic E-state index is 10.7. The summed E-state index contributed by atoms with van der Waals surface area (Å²) in [6.45, 7) is 2.10. The smallest absolute Gasteiger partial charge is 0.255 e. The first kappa shape index (κ1) is 14.3. The van der Waals surface area contributed by atoms with Crippen LogP contribution in [0.15, 0.2) is 21.7 Å². The number of hydrazone groups is 1. The van der Waals surface area contributed by atoms with Crippen molar-refractivity contribution in [1.29, 1.82) is 0 Å². The summed E-state index contributed by atoms with van der Waals surface area (Å²) in [5.41, 5.74) is 5.77. The van der Waals surface area contributed by atoms with E-state index in [2.05, 4.69) is 21.0 Å². The Labute approximate surface area is 113 Å². The first-order valence-corrected chi connectivity index (χ1v) is 5.98. The lowest BCUT2D eigenvalue weighted by atomic mass is 10.2. The minimum absolute atomic E-state index is 0.211. The van der Waals surface area contributed by atoms with Crippen LogP contribution in [0.4, 0.5) is 0 Å². The van der Waals surface area contributed by atoms with E-state index in [1.54, 1.807) is 12.1 Å². The minimum atomic E-state index is -0.554. The van der Waals surface area contributed by atoms with Crippen molar-refractivity contribution in [2.75, 3.05) is 13.2 Å². The van der Waals surface area contributed by atoms with Gasteiger partial charge in [-0.25, -0.2) is 0 Å². The molecule has 18 heavy (non-hydrogen) atoms. The summed E-state index contributed by atoms with van der Waals surface area (Å²) >= 11 is 3.34. The molecule has 0 unspecified atom stereocenters. The van der Waals surface area contributed by atoms with E-state index in [1.165, 1.54) is 6.21 Å². The molecular formula is C11H14BrN3O3. The average molecular weight is 316 g/mol. The van der Waals surface area contributed by atoms with Gasteiger partial charge in [0.25, 0.3) is 5.91 Å². The van der Waals surface area contributed by atoms with Gasteiger partial charge in [0.15, 0.2) is 18.1 Å². The predicted octanol–water partition coefficient (Wildman–Crippen LogP) is 1.00. The maximum Gasteiger partial charge on any atom is 0.255 e. The quantitative estimate of drug-likeness (QED) is 0.464. The molecule has 7 heteroatoms. The molecule has 0 fully saturated rings. The molecule has 6 nitrogen and oxygen atoms in total. The third-order valence-corrected chi connectivity index (χ3v) is 2.63. The highest BCUT2D eigenvalue weighted by atomic mass is 79.9. The van der Waals surface area contributed by atoms with E-state index in [0.29, 0.717) is 18.1 Å². The second-order valence-corrected chi connectivity index (χ2v) is 4.14. The van der Waals surface area contributed by atoms with Crippen LogP contribution in [0.3, 0.4) is 0 Å². The summed E-state index contributed by atoms with van der Waals surface area (Å²) in [5, 5.41) is 3.45. The standard InChI is InChI=1S/C11H14BrN3O3/c1-2-17-9-3-7(5-15-14)8(12)4-10(9)18-6-11(13)16/h3-5H,2,6,14H2,1H3,(H2,13,16). The maximum atomic E-state index is 10.7. The van der Waals surface area contributed by atoms with Crippen LogP contribution in [-0.2, 0) is 4.79 Å². The molecule has 0 bridgehead atoms. The van der Waals surface area contributed by atoms with Crippen LogP contribution in [0, 0.1) is 0 Å². The number of rotatable bonds is 6. The monoisotopic (exact) mass is 315 g/mol. The van der Waals surface area contributed by atoms with Gasteiger partial charge in [-0.3, -0.25) is 4.79 Å². The highest BCUT2D eigenvalue weighted by Gasteiger charge is 2.10. The Hall–Kier alpha value is -1.76. The molecule has 1 aromatic rings. The van der Waals surface area contributed by atoms with Crippen molar-refractivity contribution in [2.24, 2.45) is 16.7 Å². The SMILES string of the molecule is CCOc1cc(C=NN)c(Br)cc1OCC(N)=O. The molecule has 0 saturated heterocycles. The number of nitrogens with zero attached hydrogens (tertiary/aromatic N) is 1. The molecular weight excluding hydrogens is 302 g/mol. The molecule has 98 valence electrons. The topological polar surface area (TPSA) is 99.9 Å². The number of nitrogens with two attached hydrogens (primary N) is 2. The van der Waals surface area contributed by atoms with Gasteiger partial charge in [-0.2, -0.15) is 5.10 Å². The summed E-state index contributed by atoms with van der Waals surface area (Å²) in [6, 6.07) is 3.38. The van der Waals surface area contributed by atoms with Crippen LogP contribution < -0.4 is 21.1 Å². The summed E-state index contributed by atoms with van der Waals surface area (Å²) in [5.74, 6) is 5.48. The molecule has 0 spiro atoms. The van der Waals surface area contributed by atoms with E-state index >= 15 is 0 Å². The zero-order valence-corrected chi connectivity index (χ0v) is 11.4. The Bertz CT molecular complexity index is 463. The molecule has 0 aliphatic rings. The Kier molecular flexibility index (Phi) is 5.44. The van der Waals surface area contributed by atoms with Gasteiger partial charge in [0.2, 0.25) is 0 Å². The summed E-state index contributed by atoms with van der Waals surface area (Å²) < 4.78 is 11.4. The van der Waals surface area contributed by atoms with E-state index < -0.39 is 5.91 Å². The Balaban J connectivity index is 3.07. The van der Waals surface area contributed by atoms with Crippen LogP contribution in [0.1, 0.15) is 12.5 Å². The second-order valence-electron chi connectivity index (χ2n) is 3.29. The second kappa shape index (κ2) is 6.85. The first-order chi connectivity index (χ1) is 8.58. The van der Waals surface area contributed by atoms with Crippen LogP contribution in [0.25, 0.3) is 0 Å². The third-order valence-electron chi connectivity index (χ3n) is 1.95. The molecule has 1 rings (SSSR count). The van der Waals surface area contributed by atoms with E-state index in [9.17, 15) is 4.79 Å². The fraction of sp³-hybridized carbons (Fsp3) is 0.273.